The quantitative estimate of drug-likeness (QED) is 0.568. The Balaban J connectivity index is 2.01. The first-order chi connectivity index (χ1) is 10.2. The van der Waals surface area contributed by atoms with Crippen LogP contribution in [0.2, 0.25) is 0 Å². The van der Waals surface area contributed by atoms with E-state index >= 15 is 0 Å². The Hall–Kier alpha value is -2.29. The van der Waals surface area contributed by atoms with Crippen molar-refractivity contribution in [3.05, 3.63) is 70.5 Å². The van der Waals surface area contributed by atoms with Crippen molar-refractivity contribution in [2.24, 2.45) is 10.2 Å². The third-order valence-electron chi connectivity index (χ3n) is 3.15. The minimum Gasteiger partial charge on any atom is -0.207 e. The summed E-state index contributed by atoms with van der Waals surface area (Å²) in [5, 5.41) is 7.93. The first kappa shape index (κ1) is 15.1. The molecule has 0 spiro atoms. The summed E-state index contributed by atoms with van der Waals surface area (Å²) in [5.74, 6) is -0.177. The Bertz CT molecular complexity index is 643. The fourth-order valence-electron chi connectivity index (χ4n) is 1.97. The van der Waals surface area contributed by atoms with E-state index < -0.39 is 0 Å². The smallest absolute Gasteiger partial charge is 0.127 e. The van der Waals surface area contributed by atoms with Gasteiger partial charge in [-0.25, -0.2) is 4.39 Å². The first-order valence-corrected chi connectivity index (χ1v) is 7.10. The lowest BCUT2D eigenvalue weighted by Gasteiger charge is -2.01. The Morgan fingerprint density at radius 2 is 1.57 bits per heavy atom. The summed E-state index contributed by atoms with van der Waals surface area (Å²) >= 11 is 0. The van der Waals surface area contributed by atoms with Crippen molar-refractivity contribution in [2.75, 3.05) is 0 Å². The van der Waals surface area contributed by atoms with Gasteiger partial charge in [0.15, 0.2) is 0 Å². The fraction of sp³-hybridized carbons (Fsp3) is 0.222. The van der Waals surface area contributed by atoms with E-state index in [4.69, 9.17) is 0 Å². The van der Waals surface area contributed by atoms with E-state index in [1.165, 1.54) is 11.6 Å². The summed E-state index contributed by atoms with van der Waals surface area (Å²) in [7, 11) is 0. The Kier molecular flexibility index (Phi) is 5.38. The lowest BCUT2D eigenvalue weighted by Crippen LogP contribution is -1.92. The SMILES string of the molecule is CCCc1ccc(/C=N/N=C/c2ccc(C)cc2)cc1F. The molecule has 0 bridgehead atoms. The van der Waals surface area contributed by atoms with Crippen LogP contribution in [0.3, 0.4) is 0 Å². The molecular weight excluding hydrogens is 263 g/mol. The van der Waals surface area contributed by atoms with E-state index in [1.54, 1.807) is 12.4 Å². The van der Waals surface area contributed by atoms with Gasteiger partial charge in [-0.3, -0.25) is 0 Å². The lowest BCUT2D eigenvalue weighted by molar-refractivity contribution is 0.607. The summed E-state index contributed by atoms with van der Waals surface area (Å²) in [4.78, 5) is 0. The molecule has 0 saturated carbocycles. The number of nitrogens with zero attached hydrogens (tertiary/aromatic N) is 2. The molecule has 108 valence electrons. The highest BCUT2D eigenvalue weighted by molar-refractivity contribution is 5.82. The largest absolute Gasteiger partial charge is 0.207 e. The zero-order valence-electron chi connectivity index (χ0n) is 12.4. The van der Waals surface area contributed by atoms with Crippen molar-refractivity contribution in [3.63, 3.8) is 0 Å². The molecule has 0 atom stereocenters. The van der Waals surface area contributed by atoms with Crippen molar-refractivity contribution in [3.8, 4) is 0 Å². The highest BCUT2D eigenvalue weighted by Gasteiger charge is 2.01. The van der Waals surface area contributed by atoms with Gasteiger partial charge in [0.25, 0.3) is 0 Å². The third kappa shape index (κ3) is 4.63. The molecule has 3 heteroatoms. The first-order valence-electron chi connectivity index (χ1n) is 7.10. The van der Waals surface area contributed by atoms with Crippen molar-refractivity contribution in [1.29, 1.82) is 0 Å². The van der Waals surface area contributed by atoms with Gasteiger partial charge in [0.05, 0.1) is 12.4 Å². The molecule has 0 heterocycles. The molecule has 0 unspecified atom stereocenters. The van der Waals surface area contributed by atoms with Gasteiger partial charge in [-0.05, 0) is 36.1 Å². The molecule has 0 amide bonds. The molecular formula is C18H19FN2. The Labute approximate surface area is 125 Å². The molecule has 0 aromatic heterocycles. The topological polar surface area (TPSA) is 24.7 Å². The van der Waals surface area contributed by atoms with Gasteiger partial charge >= 0.3 is 0 Å². The summed E-state index contributed by atoms with van der Waals surface area (Å²) in [6.07, 6.45) is 4.93. The van der Waals surface area contributed by atoms with Crippen molar-refractivity contribution in [1.82, 2.24) is 0 Å². The standard InChI is InChI=1S/C18H19FN2/c1-3-4-17-10-9-16(11-18(17)19)13-21-20-12-15-7-5-14(2)6-8-15/h5-13H,3-4H2,1-2H3/b20-12+,21-13+. The highest BCUT2D eigenvalue weighted by Crippen LogP contribution is 2.11. The Morgan fingerprint density at radius 3 is 2.19 bits per heavy atom. The van der Waals surface area contributed by atoms with Crippen LogP contribution in [0.5, 0.6) is 0 Å². The van der Waals surface area contributed by atoms with E-state index in [1.807, 2.05) is 50.2 Å². The molecule has 2 aromatic carbocycles. The number of hydrogen-bond donors (Lipinski definition) is 0. The third-order valence-corrected chi connectivity index (χ3v) is 3.15. The van der Waals surface area contributed by atoms with Crippen LogP contribution in [0.25, 0.3) is 0 Å². The van der Waals surface area contributed by atoms with E-state index in [0.717, 1.165) is 24.0 Å². The maximum atomic E-state index is 13.7. The minimum absolute atomic E-state index is 0.177. The second-order valence-electron chi connectivity index (χ2n) is 5.00. The van der Waals surface area contributed by atoms with Crippen LogP contribution in [0, 0.1) is 12.7 Å². The van der Waals surface area contributed by atoms with Gasteiger partial charge in [0.1, 0.15) is 5.82 Å². The zero-order chi connectivity index (χ0) is 15.1. The second-order valence-corrected chi connectivity index (χ2v) is 5.00. The molecule has 0 fully saturated rings. The summed E-state index contributed by atoms with van der Waals surface area (Å²) in [5.41, 5.74) is 3.66. The van der Waals surface area contributed by atoms with Crippen LogP contribution in [0.4, 0.5) is 4.39 Å². The van der Waals surface area contributed by atoms with Crippen LogP contribution in [-0.2, 0) is 6.42 Å². The lowest BCUT2D eigenvalue weighted by atomic mass is 10.1. The van der Waals surface area contributed by atoms with Gasteiger partial charge < -0.3 is 0 Å². The summed E-state index contributed by atoms with van der Waals surface area (Å²) < 4.78 is 13.7. The molecule has 0 aliphatic heterocycles. The van der Waals surface area contributed by atoms with Crippen LogP contribution < -0.4 is 0 Å². The van der Waals surface area contributed by atoms with Gasteiger partial charge in [-0.15, -0.1) is 0 Å². The van der Waals surface area contributed by atoms with Crippen LogP contribution >= 0.6 is 0 Å². The van der Waals surface area contributed by atoms with E-state index in [9.17, 15) is 4.39 Å². The van der Waals surface area contributed by atoms with Gasteiger partial charge in [0, 0.05) is 0 Å². The van der Waals surface area contributed by atoms with Gasteiger partial charge in [0.2, 0.25) is 0 Å². The second kappa shape index (κ2) is 7.48. The summed E-state index contributed by atoms with van der Waals surface area (Å²) in [6.45, 7) is 4.07. The van der Waals surface area contributed by atoms with Gasteiger partial charge in [-0.1, -0.05) is 55.3 Å². The molecule has 0 saturated heterocycles. The molecule has 2 rings (SSSR count). The molecule has 21 heavy (non-hydrogen) atoms. The molecule has 0 aliphatic rings. The maximum absolute atomic E-state index is 13.7. The molecule has 0 N–H and O–H groups in total. The van der Waals surface area contributed by atoms with E-state index in [2.05, 4.69) is 10.2 Å². The molecule has 0 radical (unpaired) electrons. The summed E-state index contributed by atoms with van der Waals surface area (Å²) in [6, 6.07) is 13.2. The van der Waals surface area contributed by atoms with Crippen LogP contribution in [0.15, 0.2) is 52.7 Å². The molecule has 2 aromatic rings. The average molecular weight is 282 g/mol. The van der Waals surface area contributed by atoms with Crippen molar-refractivity contribution >= 4 is 12.4 Å². The van der Waals surface area contributed by atoms with E-state index in [-0.39, 0.29) is 5.82 Å². The predicted octanol–water partition coefficient (Wildman–Crippen LogP) is 4.54. The number of aryl methyl sites for hydroxylation is 2. The molecule has 0 aliphatic carbocycles. The Morgan fingerprint density at radius 1 is 0.952 bits per heavy atom. The number of halogens is 1. The number of hydrogen-bond acceptors (Lipinski definition) is 2. The van der Waals surface area contributed by atoms with Gasteiger partial charge in [-0.2, -0.15) is 10.2 Å². The molecule has 2 nitrogen and oxygen atoms in total. The van der Waals surface area contributed by atoms with Crippen molar-refractivity contribution in [2.45, 2.75) is 26.7 Å². The maximum Gasteiger partial charge on any atom is 0.127 e. The average Bonchev–Trinajstić information content (AvgIpc) is 2.48. The minimum atomic E-state index is -0.177. The highest BCUT2D eigenvalue weighted by atomic mass is 19.1. The number of benzene rings is 2. The monoisotopic (exact) mass is 282 g/mol. The van der Waals surface area contributed by atoms with Crippen LogP contribution in [-0.4, -0.2) is 12.4 Å². The number of rotatable bonds is 5. The predicted molar refractivity (Wildman–Crippen MR) is 86.8 cm³/mol. The normalized spacial score (nSPS) is 11.6. The fourth-order valence-corrected chi connectivity index (χ4v) is 1.97. The van der Waals surface area contributed by atoms with E-state index in [0.29, 0.717) is 5.56 Å². The van der Waals surface area contributed by atoms with Crippen LogP contribution in [0.1, 0.15) is 35.6 Å². The zero-order valence-corrected chi connectivity index (χ0v) is 12.4. The van der Waals surface area contributed by atoms with Crippen molar-refractivity contribution < 1.29 is 4.39 Å².